The second-order valence-electron chi connectivity index (χ2n) is 10.3. The number of hydrogen-bond donors (Lipinski definition) is 1. The van der Waals surface area contributed by atoms with Crippen LogP contribution in [0.1, 0.15) is 64.9 Å². The van der Waals surface area contributed by atoms with Gasteiger partial charge in [-0.1, -0.05) is 50.2 Å². The number of aromatic nitrogens is 1. The molecule has 1 fully saturated rings. The smallest absolute Gasteiger partial charge is 0.270 e. The van der Waals surface area contributed by atoms with E-state index in [0.717, 1.165) is 47.9 Å². The number of likely N-dealkylation sites (tertiary alicyclic amines) is 1. The van der Waals surface area contributed by atoms with Crippen molar-refractivity contribution in [3.8, 4) is 5.75 Å². The zero-order valence-electron chi connectivity index (χ0n) is 22.2. The van der Waals surface area contributed by atoms with Crippen molar-refractivity contribution in [1.82, 2.24) is 20.1 Å². The lowest BCUT2D eigenvalue weighted by atomic mass is 9.87. The summed E-state index contributed by atoms with van der Waals surface area (Å²) >= 11 is 1.43. The zero-order valence-corrected chi connectivity index (χ0v) is 23.0. The Hall–Kier alpha value is -3.23. The summed E-state index contributed by atoms with van der Waals surface area (Å²) in [4.78, 5) is 34.5. The molecule has 2 amide bonds. The minimum atomic E-state index is -0.144. The Morgan fingerprint density at radius 3 is 2.66 bits per heavy atom. The van der Waals surface area contributed by atoms with E-state index >= 15 is 0 Å². The van der Waals surface area contributed by atoms with Crippen molar-refractivity contribution in [2.75, 3.05) is 32.7 Å². The van der Waals surface area contributed by atoms with E-state index in [1.54, 1.807) is 5.38 Å². The highest BCUT2D eigenvalue weighted by Gasteiger charge is 2.33. The summed E-state index contributed by atoms with van der Waals surface area (Å²) in [6, 6.07) is 16.2. The van der Waals surface area contributed by atoms with Crippen LogP contribution in [0.15, 0.2) is 53.9 Å². The SMILES string of the molecule is CC(C)C(=O)N1CCc2ccc(OCc3nc(C(=O)NCCN4CCCC4)cs3)cc2[C@@H]1c1ccccc1. The van der Waals surface area contributed by atoms with Gasteiger partial charge < -0.3 is 19.9 Å². The minimum absolute atomic E-state index is 0.0706. The van der Waals surface area contributed by atoms with Crippen molar-refractivity contribution in [3.63, 3.8) is 0 Å². The topological polar surface area (TPSA) is 74.8 Å². The van der Waals surface area contributed by atoms with Crippen LogP contribution in [0.4, 0.5) is 0 Å². The molecule has 2 aliphatic heterocycles. The van der Waals surface area contributed by atoms with E-state index in [0.29, 0.717) is 18.8 Å². The average molecular weight is 533 g/mol. The fraction of sp³-hybridized carbons (Fsp3) is 0.433. The third-order valence-corrected chi connectivity index (χ3v) is 8.12. The van der Waals surface area contributed by atoms with Crippen LogP contribution >= 0.6 is 11.3 Å². The molecule has 2 aromatic carbocycles. The molecule has 7 nitrogen and oxygen atoms in total. The second kappa shape index (κ2) is 12.1. The van der Waals surface area contributed by atoms with Crippen LogP contribution in [-0.4, -0.2) is 59.3 Å². The van der Waals surface area contributed by atoms with E-state index in [1.165, 1.54) is 29.7 Å². The first-order valence-electron chi connectivity index (χ1n) is 13.6. The molecule has 8 heteroatoms. The Morgan fingerprint density at radius 1 is 1.11 bits per heavy atom. The maximum Gasteiger partial charge on any atom is 0.270 e. The highest BCUT2D eigenvalue weighted by molar-refractivity contribution is 7.09. The van der Waals surface area contributed by atoms with Crippen LogP contribution in [-0.2, 0) is 17.8 Å². The van der Waals surface area contributed by atoms with Crippen LogP contribution in [0.2, 0.25) is 0 Å². The number of amides is 2. The molecule has 0 saturated carbocycles. The number of carbonyl (C=O) groups is 2. The summed E-state index contributed by atoms with van der Waals surface area (Å²) in [6.45, 7) is 8.65. The lowest BCUT2D eigenvalue weighted by molar-refractivity contribution is -0.136. The van der Waals surface area contributed by atoms with Gasteiger partial charge >= 0.3 is 0 Å². The van der Waals surface area contributed by atoms with Gasteiger partial charge in [-0.2, -0.15) is 0 Å². The van der Waals surface area contributed by atoms with Crippen molar-refractivity contribution < 1.29 is 14.3 Å². The molecule has 38 heavy (non-hydrogen) atoms. The summed E-state index contributed by atoms with van der Waals surface area (Å²) in [7, 11) is 0. The van der Waals surface area contributed by atoms with Crippen molar-refractivity contribution in [2.24, 2.45) is 5.92 Å². The first-order valence-corrected chi connectivity index (χ1v) is 14.4. The van der Waals surface area contributed by atoms with Gasteiger partial charge in [0.05, 0.1) is 6.04 Å². The quantitative estimate of drug-likeness (QED) is 0.433. The largest absolute Gasteiger partial charge is 0.486 e. The summed E-state index contributed by atoms with van der Waals surface area (Å²) < 4.78 is 6.13. The second-order valence-corrected chi connectivity index (χ2v) is 11.3. The van der Waals surface area contributed by atoms with Gasteiger partial charge in [0.25, 0.3) is 5.91 Å². The van der Waals surface area contributed by atoms with Gasteiger partial charge in [0, 0.05) is 30.9 Å². The summed E-state index contributed by atoms with van der Waals surface area (Å²) in [5.41, 5.74) is 3.87. The predicted molar refractivity (Wildman–Crippen MR) is 149 cm³/mol. The molecular weight excluding hydrogens is 496 g/mol. The van der Waals surface area contributed by atoms with E-state index in [4.69, 9.17) is 4.74 Å². The molecule has 3 aromatic rings. The Balaban J connectivity index is 1.26. The summed E-state index contributed by atoms with van der Waals surface area (Å²) in [6.07, 6.45) is 3.31. The highest BCUT2D eigenvalue weighted by atomic mass is 32.1. The van der Waals surface area contributed by atoms with E-state index < -0.39 is 0 Å². The fourth-order valence-electron chi connectivity index (χ4n) is 5.30. The average Bonchev–Trinajstić information content (AvgIpc) is 3.64. The predicted octanol–water partition coefficient (Wildman–Crippen LogP) is 4.68. The number of fused-ring (bicyclic) bond motifs is 1. The monoisotopic (exact) mass is 532 g/mol. The lowest BCUT2D eigenvalue weighted by Crippen LogP contribution is -2.42. The molecule has 2 aliphatic rings. The van der Waals surface area contributed by atoms with E-state index in [-0.39, 0.29) is 30.4 Å². The van der Waals surface area contributed by atoms with Crippen molar-refractivity contribution >= 4 is 23.2 Å². The molecule has 1 atom stereocenters. The zero-order chi connectivity index (χ0) is 26.5. The standard InChI is InChI=1S/C30H36N4O3S/c1-21(2)30(36)34-16-12-22-10-11-24(18-25(22)28(34)23-8-4-3-5-9-23)37-19-27-32-26(20-38-27)29(35)31-13-17-33-14-6-7-15-33/h3-5,8-11,18,20-21,28H,6-7,12-17,19H2,1-2H3,(H,31,35)/t28-/m0/s1. The van der Waals surface area contributed by atoms with Crippen LogP contribution in [0.3, 0.4) is 0 Å². The fourth-order valence-corrected chi connectivity index (χ4v) is 5.98. The maximum absolute atomic E-state index is 13.1. The lowest BCUT2D eigenvalue weighted by Gasteiger charge is -2.39. The summed E-state index contributed by atoms with van der Waals surface area (Å²) in [5.74, 6) is 0.681. The molecule has 0 spiro atoms. The number of nitrogens with one attached hydrogen (secondary N) is 1. The Kier molecular flexibility index (Phi) is 8.39. The third kappa shape index (κ3) is 6.08. The van der Waals surface area contributed by atoms with Crippen molar-refractivity contribution in [3.05, 3.63) is 81.3 Å². The van der Waals surface area contributed by atoms with Crippen LogP contribution in [0.25, 0.3) is 0 Å². The van der Waals surface area contributed by atoms with Crippen LogP contribution in [0, 0.1) is 5.92 Å². The molecule has 5 rings (SSSR count). The number of hydrogen-bond acceptors (Lipinski definition) is 6. The third-order valence-electron chi connectivity index (χ3n) is 7.30. The number of benzene rings is 2. The Bertz CT molecular complexity index is 1250. The molecule has 0 unspecified atom stereocenters. The van der Waals surface area contributed by atoms with E-state index in [2.05, 4.69) is 39.5 Å². The number of carbonyl (C=O) groups excluding carboxylic acids is 2. The van der Waals surface area contributed by atoms with Crippen LogP contribution < -0.4 is 10.1 Å². The number of thiazole rings is 1. The van der Waals surface area contributed by atoms with E-state index in [9.17, 15) is 9.59 Å². The molecule has 0 bridgehead atoms. The maximum atomic E-state index is 13.1. The van der Waals surface area contributed by atoms with Crippen molar-refractivity contribution in [1.29, 1.82) is 0 Å². The molecule has 1 saturated heterocycles. The van der Waals surface area contributed by atoms with Gasteiger partial charge in [0.15, 0.2) is 0 Å². The van der Waals surface area contributed by atoms with Crippen molar-refractivity contribution in [2.45, 2.75) is 45.8 Å². The first kappa shape index (κ1) is 26.4. The van der Waals surface area contributed by atoms with Gasteiger partial charge in [-0.05, 0) is 61.2 Å². The minimum Gasteiger partial charge on any atom is -0.486 e. The summed E-state index contributed by atoms with van der Waals surface area (Å²) in [5, 5.41) is 5.52. The van der Waals surface area contributed by atoms with Gasteiger partial charge in [-0.25, -0.2) is 4.98 Å². The Morgan fingerprint density at radius 2 is 1.89 bits per heavy atom. The van der Waals surface area contributed by atoms with Gasteiger partial charge in [-0.3, -0.25) is 9.59 Å². The molecule has 3 heterocycles. The van der Waals surface area contributed by atoms with E-state index in [1.807, 2.05) is 43.0 Å². The Labute approximate surface area is 228 Å². The van der Waals surface area contributed by atoms with Gasteiger partial charge in [-0.15, -0.1) is 11.3 Å². The number of rotatable bonds is 9. The number of nitrogens with zero attached hydrogens (tertiary/aromatic N) is 3. The highest BCUT2D eigenvalue weighted by Crippen LogP contribution is 2.38. The van der Waals surface area contributed by atoms with Crippen LogP contribution in [0.5, 0.6) is 5.75 Å². The molecular formula is C30H36N4O3S. The molecule has 200 valence electrons. The normalized spacial score (nSPS) is 17.4. The van der Waals surface area contributed by atoms with Gasteiger partial charge in [0.2, 0.25) is 5.91 Å². The molecule has 0 radical (unpaired) electrons. The molecule has 1 aromatic heterocycles. The first-order chi connectivity index (χ1) is 18.5. The van der Waals surface area contributed by atoms with Gasteiger partial charge in [0.1, 0.15) is 23.1 Å². The number of ether oxygens (including phenoxy) is 1. The molecule has 0 aliphatic carbocycles. The molecule has 1 N–H and O–H groups in total.